The molecule has 0 aromatic rings. The van der Waals surface area contributed by atoms with Gasteiger partial charge >= 0.3 is 0 Å². The number of hydrogen-bond acceptors (Lipinski definition) is 4. The van der Waals surface area contributed by atoms with Gasteiger partial charge in [-0.05, 0) is 77.5 Å². The molecular weight excluding hydrogens is 274 g/mol. The lowest BCUT2D eigenvalue weighted by molar-refractivity contribution is -0.0732. The van der Waals surface area contributed by atoms with Gasteiger partial charge in [0.1, 0.15) is 0 Å². The molecule has 3 aliphatic heterocycles. The molecule has 0 aliphatic carbocycles. The second kappa shape index (κ2) is 8.09. The topological polar surface area (TPSA) is 27.7 Å². The van der Waals surface area contributed by atoms with Crippen LogP contribution in [0.2, 0.25) is 0 Å². The van der Waals surface area contributed by atoms with Crippen LogP contribution in [0, 0.1) is 11.8 Å². The van der Waals surface area contributed by atoms with Crippen LogP contribution in [-0.4, -0.2) is 74.4 Å². The van der Waals surface area contributed by atoms with Crippen molar-refractivity contribution in [1.82, 2.24) is 15.1 Å². The number of nitrogens with zero attached hydrogens (tertiary/aromatic N) is 2. The zero-order valence-corrected chi connectivity index (χ0v) is 14.6. The Morgan fingerprint density at radius 2 is 1.36 bits per heavy atom. The Bertz CT molecular complexity index is 314. The van der Waals surface area contributed by atoms with E-state index in [1.54, 1.807) is 0 Å². The van der Waals surface area contributed by atoms with E-state index in [2.05, 4.69) is 29.0 Å². The maximum Gasteiger partial charge on any atom is 0.0678 e. The minimum absolute atomic E-state index is 0.406. The molecule has 0 amide bonds. The third-order valence-electron chi connectivity index (χ3n) is 5.69. The zero-order valence-electron chi connectivity index (χ0n) is 14.6. The first kappa shape index (κ1) is 16.7. The summed E-state index contributed by atoms with van der Waals surface area (Å²) < 4.78 is 5.85. The fraction of sp³-hybridized carbons (Fsp3) is 1.00. The van der Waals surface area contributed by atoms with Crippen LogP contribution in [0.5, 0.6) is 0 Å². The minimum Gasteiger partial charge on any atom is -0.373 e. The van der Waals surface area contributed by atoms with Crippen molar-refractivity contribution in [2.24, 2.45) is 11.8 Å². The Labute approximate surface area is 136 Å². The van der Waals surface area contributed by atoms with Crippen LogP contribution in [0.15, 0.2) is 0 Å². The quantitative estimate of drug-likeness (QED) is 0.857. The summed E-state index contributed by atoms with van der Waals surface area (Å²) in [6, 6.07) is 0. The summed E-state index contributed by atoms with van der Waals surface area (Å²) in [5.74, 6) is 1.85. The standard InChI is InChI=1S/C18H35N3O/c1-15-11-21(12-16(2)22-15)14-18-5-9-20(10-6-18)13-17-3-7-19-8-4-17/h15-19H,3-14H2,1-2H3. The smallest absolute Gasteiger partial charge is 0.0678 e. The predicted octanol–water partition coefficient (Wildman–Crippen LogP) is 1.81. The molecule has 2 unspecified atom stereocenters. The van der Waals surface area contributed by atoms with Crippen LogP contribution in [0.4, 0.5) is 0 Å². The number of piperidine rings is 2. The fourth-order valence-corrected chi connectivity index (χ4v) is 4.58. The van der Waals surface area contributed by atoms with Crippen LogP contribution >= 0.6 is 0 Å². The molecule has 3 rings (SSSR count). The Balaban J connectivity index is 1.36. The normalized spacial score (nSPS) is 34.1. The van der Waals surface area contributed by atoms with Crippen molar-refractivity contribution in [3.8, 4) is 0 Å². The molecule has 128 valence electrons. The lowest BCUT2D eigenvalue weighted by atomic mass is 9.93. The van der Waals surface area contributed by atoms with Gasteiger partial charge in [0.05, 0.1) is 12.2 Å². The van der Waals surface area contributed by atoms with Crippen LogP contribution in [-0.2, 0) is 4.74 Å². The van der Waals surface area contributed by atoms with Gasteiger partial charge in [0.2, 0.25) is 0 Å². The molecule has 3 heterocycles. The molecule has 4 nitrogen and oxygen atoms in total. The fourth-order valence-electron chi connectivity index (χ4n) is 4.58. The Hall–Kier alpha value is -0.160. The van der Waals surface area contributed by atoms with Crippen molar-refractivity contribution in [2.75, 3.05) is 52.4 Å². The van der Waals surface area contributed by atoms with E-state index in [4.69, 9.17) is 4.74 Å². The number of nitrogens with one attached hydrogen (secondary N) is 1. The van der Waals surface area contributed by atoms with E-state index >= 15 is 0 Å². The van der Waals surface area contributed by atoms with Crippen molar-refractivity contribution in [1.29, 1.82) is 0 Å². The molecule has 0 radical (unpaired) electrons. The molecule has 22 heavy (non-hydrogen) atoms. The summed E-state index contributed by atoms with van der Waals surface area (Å²) in [6.45, 7) is 14.4. The van der Waals surface area contributed by atoms with Gasteiger partial charge < -0.3 is 15.0 Å². The lowest BCUT2D eigenvalue weighted by Gasteiger charge is -2.40. The minimum atomic E-state index is 0.406. The summed E-state index contributed by atoms with van der Waals surface area (Å²) in [5.41, 5.74) is 0. The van der Waals surface area contributed by atoms with Gasteiger partial charge in [0, 0.05) is 26.2 Å². The number of morpholine rings is 1. The van der Waals surface area contributed by atoms with Crippen LogP contribution in [0.1, 0.15) is 39.5 Å². The van der Waals surface area contributed by atoms with Gasteiger partial charge in [-0.2, -0.15) is 0 Å². The molecule has 3 saturated heterocycles. The summed E-state index contributed by atoms with van der Waals surface area (Å²) in [7, 11) is 0. The second-order valence-electron chi connectivity index (χ2n) is 7.91. The highest BCUT2D eigenvalue weighted by molar-refractivity contribution is 4.81. The molecule has 3 fully saturated rings. The maximum absolute atomic E-state index is 5.85. The van der Waals surface area contributed by atoms with Crippen molar-refractivity contribution >= 4 is 0 Å². The van der Waals surface area contributed by atoms with E-state index in [9.17, 15) is 0 Å². The SMILES string of the molecule is CC1CN(CC2CCN(CC3CCNCC3)CC2)CC(C)O1. The van der Waals surface area contributed by atoms with E-state index < -0.39 is 0 Å². The average molecular weight is 309 g/mol. The van der Waals surface area contributed by atoms with Gasteiger partial charge in [-0.25, -0.2) is 0 Å². The van der Waals surface area contributed by atoms with Crippen molar-refractivity contribution in [3.63, 3.8) is 0 Å². The first-order valence-electron chi connectivity index (χ1n) is 9.50. The molecule has 0 aromatic heterocycles. The van der Waals surface area contributed by atoms with Crippen molar-refractivity contribution in [2.45, 2.75) is 51.7 Å². The van der Waals surface area contributed by atoms with E-state index in [-0.39, 0.29) is 0 Å². The highest BCUT2D eigenvalue weighted by Crippen LogP contribution is 2.23. The molecule has 1 N–H and O–H groups in total. The van der Waals surface area contributed by atoms with Gasteiger partial charge in [-0.3, -0.25) is 4.90 Å². The third kappa shape index (κ3) is 4.92. The van der Waals surface area contributed by atoms with Gasteiger partial charge in [0.25, 0.3) is 0 Å². The summed E-state index contributed by atoms with van der Waals surface area (Å²) >= 11 is 0. The summed E-state index contributed by atoms with van der Waals surface area (Å²) in [4.78, 5) is 5.38. The van der Waals surface area contributed by atoms with E-state index in [1.807, 2.05) is 0 Å². The van der Waals surface area contributed by atoms with E-state index in [0.29, 0.717) is 12.2 Å². The maximum atomic E-state index is 5.85. The first-order chi connectivity index (χ1) is 10.7. The average Bonchev–Trinajstić information content (AvgIpc) is 2.49. The largest absolute Gasteiger partial charge is 0.373 e. The highest BCUT2D eigenvalue weighted by Gasteiger charge is 2.27. The van der Waals surface area contributed by atoms with Gasteiger partial charge in [0.15, 0.2) is 0 Å². The molecule has 2 atom stereocenters. The molecule has 0 spiro atoms. The Kier molecular flexibility index (Phi) is 6.14. The van der Waals surface area contributed by atoms with E-state index in [0.717, 1.165) is 24.9 Å². The Morgan fingerprint density at radius 3 is 2.00 bits per heavy atom. The number of likely N-dealkylation sites (tertiary alicyclic amines) is 1. The number of ether oxygens (including phenoxy) is 1. The van der Waals surface area contributed by atoms with Gasteiger partial charge in [-0.1, -0.05) is 0 Å². The molecule has 0 aromatic carbocycles. The predicted molar refractivity (Wildman–Crippen MR) is 91.2 cm³/mol. The zero-order chi connectivity index (χ0) is 15.4. The highest BCUT2D eigenvalue weighted by atomic mass is 16.5. The Morgan fingerprint density at radius 1 is 0.818 bits per heavy atom. The monoisotopic (exact) mass is 309 g/mol. The molecule has 0 bridgehead atoms. The number of rotatable bonds is 4. The molecule has 4 heteroatoms. The number of hydrogen-bond donors (Lipinski definition) is 1. The first-order valence-corrected chi connectivity index (χ1v) is 9.50. The van der Waals surface area contributed by atoms with Crippen LogP contribution in [0.3, 0.4) is 0 Å². The molecular formula is C18H35N3O. The second-order valence-corrected chi connectivity index (χ2v) is 7.91. The molecule has 0 saturated carbocycles. The summed E-state index contributed by atoms with van der Waals surface area (Å²) in [6.07, 6.45) is 6.36. The van der Waals surface area contributed by atoms with Gasteiger partial charge in [-0.15, -0.1) is 0 Å². The lowest BCUT2D eigenvalue weighted by Crippen LogP contribution is -2.48. The van der Waals surface area contributed by atoms with Crippen molar-refractivity contribution < 1.29 is 4.74 Å². The summed E-state index contributed by atoms with van der Waals surface area (Å²) in [5, 5.41) is 3.48. The van der Waals surface area contributed by atoms with Crippen LogP contribution in [0.25, 0.3) is 0 Å². The van der Waals surface area contributed by atoms with Crippen LogP contribution < -0.4 is 5.32 Å². The third-order valence-corrected chi connectivity index (χ3v) is 5.69. The molecule has 3 aliphatic rings. The van der Waals surface area contributed by atoms with E-state index in [1.165, 1.54) is 65.0 Å². The van der Waals surface area contributed by atoms with Crippen molar-refractivity contribution in [3.05, 3.63) is 0 Å².